The first-order valence-corrected chi connectivity index (χ1v) is 5.92. The molecule has 1 aromatic heterocycles. The highest BCUT2D eigenvalue weighted by molar-refractivity contribution is 9.10. The number of anilines is 2. The van der Waals surface area contributed by atoms with E-state index in [1.165, 1.54) is 0 Å². The SMILES string of the molecule is Nc1nnc(NC(=O)c2ccc(Br)cc2)s1. The van der Waals surface area contributed by atoms with Crippen LogP contribution < -0.4 is 11.1 Å². The van der Waals surface area contributed by atoms with Crippen LogP contribution >= 0.6 is 27.3 Å². The third-order valence-electron chi connectivity index (χ3n) is 1.77. The van der Waals surface area contributed by atoms with Crippen LogP contribution in [0.3, 0.4) is 0 Å². The average molecular weight is 299 g/mol. The first-order chi connectivity index (χ1) is 7.65. The van der Waals surface area contributed by atoms with Gasteiger partial charge in [0.15, 0.2) is 0 Å². The summed E-state index contributed by atoms with van der Waals surface area (Å²) in [6.45, 7) is 0. The number of rotatable bonds is 2. The summed E-state index contributed by atoms with van der Waals surface area (Å²) in [5, 5.41) is 10.6. The minimum absolute atomic E-state index is 0.233. The molecule has 0 spiro atoms. The molecule has 0 aliphatic carbocycles. The quantitative estimate of drug-likeness (QED) is 0.890. The Balaban J connectivity index is 2.11. The van der Waals surface area contributed by atoms with Gasteiger partial charge in [0, 0.05) is 10.0 Å². The Morgan fingerprint density at radius 2 is 2.00 bits per heavy atom. The summed E-state index contributed by atoms with van der Waals surface area (Å²) >= 11 is 4.42. The van der Waals surface area contributed by atoms with Gasteiger partial charge in [-0.15, -0.1) is 10.2 Å². The Morgan fingerprint density at radius 3 is 2.56 bits per heavy atom. The van der Waals surface area contributed by atoms with Crippen molar-refractivity contribution in [1.82, 2.24) is 10.2 Å². The van der Waals surface area contributed by atoms with Crippen molar-refractivity contribution < 1.29 is 4.79 Å². The fraction of sp³-hybridized carbons (Fsp3) is 0. The predicted molar refractivity (Wildman–Crippen MR) is 66.4 cm³/mol. The molecule has 0 atom stereocenters. The van der Waals surface area contributed by atoms with Gasteiger partial charge in [0.2, 0.25) is 10.3 Å². The number of nitrogens with one attached hydrogen (secondary N) is 1. The van der Waals surface area contributed by atoms with Gasteiger partial charge in [-0.1, -0.05) is 27.3 Å². The van der Waals surface area contributed by atoms with Gasteiger partial charge in [0.05, 0.1) is 0 Å². The highest BCUT2D eigenvalue weighted by Crippen LogP contribution is 2.18. The number of amides is 1. The van der Waals surface area contributed by atoms with Crippen LogP contribution in [0.25, 0.3) is 0 Å². The van der Waals surface area contributed by atoms with E-state index in [0.717, 1.165) is 15.8 Å². The van der Waals surface area contributed by atoms with Crippen LogP contribution in [-0.4, -0.2) is 16.1 Å². The fourth-order valence-electron chi connectivity index (χ4n) is 1.06. The van der Waals surface area contributed by atoms with Crippen molar-refractivity contribution >= 4 is 43.4 Å². The van der Waals surface area contributed by atoms with Gasteiger partial charge in [-0.3, -0.25) is 10.1 Å². The number of hydrogen-bond donors (Lipinski definition) is 2. The van der Waals surface area contributed by atoms with Gasteiger partial charge in [0.25, 0.3) is 5.91 Å². The van der Waals surface area contributed by atoms with Crippen LogP contribution in [0.15, 0.2) is 28.7 Å². The number of aromatic nitrogens is 2. The van der Waals surface area contributed by atoms with Crippen molar-refractivity contribution in [1.29, 1.82) is 0 Å². The van der Waals surface area contributed by atoms with E-state index in [2.05, 4.69) is 31.4 Å². The topological polar surface area (TPSA) is 80.9 Å². The monoisotopic (exact) mass is 298 g/mol. The molecule has 1 aromatic carbocycles. The van der Waals surface area contributed by atoms with Gasteiger partial charge in [-0.25, -0.2) is 0 Å². The number of benzene rings is 1. The van der Waals surface area contributed by atoms with Gasteiger partial charge in [-0.05, 0) is 24.3 Å². The normalized spacial score (nSPS) is 10.1. The van der Waals surface area contributed by atoms with Crippen LogP contribution in [0.2, 0.25) is 0 Å². The second kappa shape index (κ2) is 4.58. The maximum absolute atomic E-state index is 11.7. The molecule has 0 aliphatic heterocycles. The Bertz CT molecular complexity index is 510. The molecule has 0 saturated carbocycles. The number of hydrogen-bond acceptors (Lipinski definition) is 5. The lowest BCUT2D eigenvalue weighted by Gasteiger charge is -2.00. The fourth-order valence-corrected chi connectivity index (χ4v) is 1.83. The molecule has 0 unspecified atom stereocenters. The summed E-state index contributed by atoms with van der Waals surface area (Å²) in [6, 6.07) is 7.01. The van der Waals surface area contributed by atoms with E-state index < -0.39 is 0 Å². The Labute approximate surface area is 104 Å². The highest BCUT2D eigenvalue weighted by Gasteiger charge is 2.08. The minimum atomic E-state index is -0.233. The third kappa shape index (κ3) is 2.56. The summed E-state index contributed by atoms with van der Waals surface area (Å²) in [6.07, 6.45) is 0. The molecular formula is C9H7BrN4OS. The molecule has 2 rings (SSSR count). The molecule has 82 valence electrons. The van der Waals surface area contributed by atoms with Crippen LogP contribution in [0, 0.1) is 0 Å². The number of nitrogens with zero attached hydrogens (tertiary/aromatic N) is 2. The van der Waals surface area contributed by atoms with E-state index in [4.69, 9.17) is 5.73 Å². The van der Waals surface area contributed by atoms with E-state index in [-0.39, 0.29) is 5.91 Å². The summed E-state index contributed by atoms with van der Waals surface area (Å²) in [5.41, 5.74) is 5.95. The van der Waals surface area contributed by atoms with Crippen LogP contribution in [0.4, 0.5) is 10.3 Å². The number of carbonyl (C=O) groups is 1. The highest BCUT2D eigenvalue weighted by atomic mass is 79.9. The molecular weight excluding hydrogens is 292 g/mol. The van der Waals surface area contributed by atoms with Crippen molar-refractivity contribution in [3.63, 3.8) is 0 Å². The molecule has 5 nitrogen and oxygen atoms in total. The third-order valence-corrected chi connectivity index (χ3v) is 2.96. The molecule has 0 aliphatic rings. The van der Waals surface area contributed by atoms with Gasteiger partial charge >= 0.3 is 0 Å². The average Bonchev–Trinajstić information content (AvgIpc) is 2.65. The van der Waals surface area contributed by atoms with Crippen molar-refractivity contribution in [3.05, 3.63) is 34.3 Å². The lowest BCUT2D eigenvalue weighted by Crippen LogP contribution is -2.11. The predicted octanol–water partition coefficient (Wildman–Crippen LogP) is 2.14. The number of nitrogens with two attached hydrogens (primary N) is 1. The first kappa shape index (κ1) is 11.0. The Hall–Kier alpha value is -1.47. The van der Waals surface area contributed by atoms with Gasteiger partial charge in [-0.2, -0.15) is 0 Å². The zero-order valence-corrected chi connectivity index (χ0v) is 10.4. The maximum Gasteiger partial charge on any atom is 0.257 e. The van der Waals surface area contributed by atoms with Crippen molar-refractivity contribution in [2.75, 3.05) is 11.1 Å². The van der Waals surface area contributed by atoms with E-state index in [1.807, 2.05) is 0 Å². The van der Waals surface area contributed by atoms with Crippen LogP contribution in [0.1, 0.15) is 10.4 Å². The second-order valence-electron chi connectivity index (χ2n) is 2.91. The van der Waals surface area contributed by atoms with E-state index in [0.29, 0.717) is 15.8 Å². The summed E-state index contributed by atoms with van der Waals surface area (Å²) in [7, 11) is 0. The lowest BCUT2D eigenvalue weighted by molar-refractivity contribution is 0.102. The molecule has 0 saturated heterocycles. The van der Waals surface area contributed by atoms with E-state index in [1.54, 1.807) is 24.3 Å². The van der Waals surface area contributed by atoms with E-state index in [9.17, 15) is 4.79 Å². The minimum Gasteiger partial charge on any atom is -0.374 e. The molecule has 16 heavy (non-hydrogen) atoms. The number of nitrogen functional groups attached to an aromatic ring is 1. The van der Waals surface area contributed by atoms with Crippen LogP contribution in [-0.2, 0) is 0 Å². The Kier molecular flexibility index (Phi) is 3.16. The number of halogens is 1. The molecule has 3 N–H and O–H groups in total. The molecule has 1 heterocycles. The zero-order valence-electron chi connectivity index (χ0n) is 7.98. The first-order valence-electron chi connectivity index (χ1n) is 4.31. The number of carbonyl (C=O) groups excluding carboxylic acids is 1. The van der Waals surface area contributed by atoms with Gasteiger partial charge < -0.3 is 5.73 Å². The lowest BCUT2D eigenvalue weighted by atomic mass is 10.2. The molecule has 0 bridgehead atoms. The molecule has 2 aromatic rings. The maximum atomic E-state index is 11.7. The summed E-state index contributed by atoms with van der Waals surface area (Å²) < 4.78 is 0.921. The largest absolute Gasteiger partial charge is 0.374 e. The molecule has 1 amide bonds. The smallest absolute Gasteiger partial charge is 0.257 e. The van der Waals surface area contributed by atoms with Crippen LogP contribution in [0.5, 0.6) is 0 Å². The van der Waals surface area contributed by atoms with E-state index >= 15 is 0 Å². The van der Waals surface area contributed by atoms with Crippen molar-refractivity contribution in [3.8, 4) is 0 Å². The van der Waals surface area contributed by atoms with Crippen molar-refractivity contribution in [2.24, 2.45) is 0 Å². The summed E-state index contributed by atoms with van der Waals surface area (Å²) in [5.74, 6) is -0.233. The molecule has 0 fully saturated rings. The standard InChI is InChI=1S/C9H7BrN4OS/c10-6-3-1-5(2-4-6)7(15)12-9-14-13-8(11)16-9/h1-4H,(H2,11,13)(H,12,14,15). The summed E-state index contributed by atoms with van der Waals surface area (Å²) in [4.78, 5) is 11.7. The molecule has 0 radical (unpaired) electrons. The van der Waals surface area contributed by atoms with Gasteiger partial charge in [0.1, 0.15) is 0 Å². The van der Waals surface area contributed by atoms with Crippen molar-refractivity contribution in [2.45, 2.75) is 0 Å². The Morgan fingerprint density at radius 1 is 1.31 bits per heavy atom. The molecule has 7 heteroatoms. The second-order valence-corrected chi connectivity index (χ2v) is 4.83. The zero-order chi connectivity index (χ0) is 11.5.